The number of nitrogens with zero attached hydrogens (tertiary/aromatic N) is 8. The largest absolute Gasteiger partial charge is 0.488 e. The quantitative estimate of drug-likeness (QED) is 0.0477. The number of Topliss-reactive ketones (excluding diaryl/α,β-unsaturated/α-hetero) is 1. The van der Waals surface area contributed by atoms with Crippen molar-refractivity contribution in [1.82, 2.24) is 77.1 Å². The zero-order chi connectivity index (χ0) is 67.0. The van der Waals surface area contributed by atoms with E-state index in [-0.39, 0.29) is 90.6 Å². The summed E-state index contributed by atoms with van der Waals surface area (Å²) in [6.07, 6.45) is 2.29. The number of alkyl carbamates (subject to hydrolysis) is 1. The number of ketones is 1. The number of hydrogen-bond donors (Lipinski definition) is 9. The highest BCUT2D eigenvalue weighted by molar-refractivity contribution is 7.15. The minimum Gasteiger partial charge on any atom is -0.488 e. The average molecular weight is 1390 g/mol. The molecular formula is C60H61N15O13S6. The lowest BCUT2D eigenvalue weighted by molar-refractivity contribution is -0.124. The van der Waals surface area contributed by atoms with Crippen molar-refractivity contribution >= 4 is 121 Å². The maximum atomic E-state index is 14.6. The van der Waals surface area contributed by atoms with Gasteiger partial charge in [-0.1, -0.05) is 12.2 Å². The van der Waals surface area contributed by atoms with E-state index >= 15 is 0 Å². The summed E-state index contributed by atoms with van der Waals surface area (Å²) in [5.41, 5.74) is 0.116. The van der Waals surface area contributed by atoms with E-state index < -0.39 is 77.5 Å². The molecule has 2 aliphatic heterocycles. The number of aliphatic hydroxyl groups excluding tert-OH is 1. The first-order valence-electron chi connectivity index (χ1n) is 29.0. The number of fused-ring (bicyclic) bond motifs is 11. The van der Waals surface area contributed by atoms with Gasteiger partial charge in [-0.3, -0.25) is 38.5 Å². The number of allylic oxidation sites excluding steroid dienone is 2. The van der Waals surface area contributed by atoms with Crippen LogP contribution in [0.25, 0.3) is 49.1 Å². The van der Waals surface area contributed by atoms with E-state index in [1.54, 1.807) is 62.0 Å². The zero-order valence-electron chi connectivity index (χ0n) is 51.1. The Morgan fingerprint density at radius 3 is 2.05 bits per heavy atom. The van der Waals surface area contributed by atoms with Gasteiger partial charge in [0.05, 0.1) is 49.4 Å². The standard InChI is InChI=1S/C60H61N15O13S6/c1-8-32(47(78)62-19-27(3)76)65-48(79)37-23-91-56(70-37)41-26-92-55(72-41)34-13-12-31-45(64-34)36-21-93-57(67-36)44(29(5)87-59(84)63-20-35-42(11-10-16-61-35)88-30-14-17-86-18-15-30)74-50(81)39-25-94-58(71-39)46(60(6,7)85)75-51(82)40-24-90-54(69-40)33(9-2)66-52(83)43(28(4)77)73-49(80)38-22-89-53(31)68-38/h8-13,16,21-26,28-30,43-44,46,77,85H,14-15,17-20H2,1-7H3,(H,62,78)(H,63,84)(H,65,79)(H,66,83)(H,73,80)(H,74,81)(H,75,82)/b32-8-,33-9-. The number of thiazole rings is 6. The van der Waals surface area contributed by atoms with Gasteiger partial charge in [0.1, 0.15) is 123 Å². The SMILES string of the molecule is C/C=C(\NC(=O)c1csc(-c2csc(-c3ccc4c(n3)-c3csc(n3)C(C(C)OC(=O)NCc3ncccc3OC3CCOCC3)NC(=O)c3csc(n3)C(C(C)(C)O)NC(=O)c3csc(n3)/C(=C/C)NC(=O)C(C(C)O)NC(=O)c3csc-4n3)n2)n1)C(=O)NCC(C)=O. The molecule has 8 aromatic rings. The van der Waals surface area contributed by atoms with E-state index in [0.29, 0.717) is 64.5 Å². The van der Waals surface area contributed by atoms with Crippen molar-refractivity contribution in [1.29, 1.82) is 0 Å². The van der Waals surface area contributed by atoms with E-state index in [0.717, 1.165) is 56.7 Å². The first-order chi connectivity index (χ1) is 45.0. The normalized spacial score (nSPS) is 17.9. The molecule has 0 spiro atoms. The molecule has 8 bridgehead atoms. The van der Waals surface area contributed by atoms with Crippen LogP contribution in [0.2, 0.25) is 0 Å². The predicted octanol–water partition coefficient (Wildman–Crippen LogP) is 6.78. The van der Waals surface area contributed by atoms with E-state index in [4.69, 9.17) is 34.1 Å². The van der Waals surface area contributed by atoms with Gasteiger partial charge in [0.2, 0.25) is 5.91 Å². The molecule has 28 nitrogen and oxygen atoms in total. The first-order valence-corrected chi connectivity index (χ1v) is 34.3. The van der Waals surface area contributed by atoms with Crippen molar-refractivity contribution in [2.45, 2.75) is 110 Å². The molecule has 0 aliphatic carbocycles. The molecule has 0 aromatic carbocycles. The molecule has 1 saturated heterocycles. The van der Waals surface area contributed by atoms with Crippen LogP contribution in [0, 0.1) is 0 Å². The highest BCUT2D eigenvalue weighted by Gasteiger charge is 2.37. The molecule has 7 amide bonds. The first kappa shape index (κ1) is 67.9. The van der Waals surface area contributed by atoms with Crippen LogP contribution in [-0.4, -0.2) is 147 Å². The number of rotatable bonds is 15. The Morgan fingerprint density at radius 1 is 0.723 bits per heavy atom. The van der Waals surface area contributed by atoms with E-state index in [2.05, 4.69) is 57.2 Å². The number of amides is 7. The summed E-state index contributed by atoms with van der Waals surface area (Å²) >= 11 is 6.51. The number of pyridine rings is 2. The highest BCUT2D eigenvalue weighted by atomic mass is 32.1. The van der Waals surface area contributed by atoms with Gasteiger partial charge in [-0.15, -0.1) is 68.0 Å². The minimum atomic E-state index is -1.66. The van der Waals surface area contributed by atoms with Crippen LogP contribution in [0.4, 0.5) is 4.79 Å². The van der Waals surface area contributed by atoms with Crippen LogP contribution < -0.4 is 42.0 Å². The molecule has 9 N–H and O–H groups in total. The smallest absolute Gasteiger partial charge is 0.407 e. The Hall–Kier alpha value is -9.00. The van der Waals surface area contributed by atoms with E-state index in [1.807, 2.05) is 0 Å². The summed E-state index contributed by atoms with van der Waals surface area (Å²) in [7, 11) is 0. The number of aromatic nitrogens is 8. The third-order valence-electron chi connectivity index (χ3n) is 14.2. The average Bonchev–Trinajstić information content (AvgIpc) is 1.60. The van der Waals surface area contributed by atoms with Gasteiger partial charge in [0, 0.05) is 56.9 Å². The number of nitrogens with one attached hydrogen (secondary N) is 7. The minimum absolute atomic E-state index is 0.00166. The molecule has 10 rings (SSSR count). The van der Waals surface area contributed by atoms with Crippen molar-refractivity contribution in [3.05, 3.63) is 124 Å². The van der Waals surface area contributed by atoms with Crippen LogP contribution >= 0.6 is 68.0 Å². The Labute approximate surface area is 560 Å². The van der Waals surface area contributed by atoms with Crippen molar-refractivity contribution in [2.24, 2.45) is 0 Å². The fourth-order valence-corrected chi connectivity index (χ4v) is 14.5. The maximum Gasteiger partial charge on any atom is 0.407 e. The Balaban J connectivity index is 1.01. The van der Waals surface area contributed by atoms with Crippen molar-refractivity contribution in [3.63, 3.8) is 0 Å². The van der Waals surface area contributed by atoms with Crippen LogP contribution in [0.5, 0.6) is 5.75 Å². The molecule has 5 atom stereocenters. The number of hydrogen-bond acceptors (Lipinski definition) is 27. The third-order valence-corrected chi connectivity index (χ3v) is 19.5. The maximum absolute atomic E-state index is 14.6. The lowest BCUT2D eigenvalue weighted by atomic mass is 9.99. The molecule has 10 heterocycles. The second-order valence-electron chi connectivity index (χ2n) is 21.7. The second kappa shape index (κ2) is 30.0. The zero-order valence-corrected chi connectivity index (χ0v) is 56.0. The molecule has 2 aliphatic rings. The fraction of sp³-hybridized carbons (Fsp3) is 0.333. The van der Waals surface area contributed by atoms with Gasteiger partial charge in [-0.25, -0.2) is 39.7 Å². The molecule has 0 radical (unpaired) electrons. The van der Waals surface area contributed by atoms with Gasteiger partial charge < -0.3 is 61.6 Å². The lowest BCUT2D eigenvalue weighted by Crippen LogP contribution is -2.52. The molecule has 1 fully saturated rings. The molecule has 34 heteroatoms. The summed E-state index contributed by atoms with van der Waals surface area (Å²) < 4.78 is 17.8. The lowest BCUT2D eigenvalue weighted by Gasteiger charge is -2.28. The molecule has 5 unspecified atom stereocenters. The summed E-state index contributed by atoms with van der Waals surface area (Å²) in [6, 6.07) is 2.96. The van der Waals surface area contributed by atoms with E-state index in [9.17, 15) is 48.6 Å². The molecule has 94 heavy (non-hydrogen) atoms. The molecule has 0 saturated carbocycles. The van der Waals surface area contributed by atoms with Crippen LogP contribution in [-0.2, 0) is 30.4 Å². The van der Waals surface area contributed by atoms with Crippen molar-refractivity contribution in [2.75, 3.05) is 19.8 Å². The summed E-state index contributed by atoms with van der Waals surface area (Å²) in [4.78, 5) is 146. The van der Waals surface area contributed by atoms with Crippen LogP contribution in [0.15, 0.2) is 80.6 Å². The van der Waals surface area contributed by atoms with Crippen LogP contribution in [0.3, 0.4) is 0 Å². The van der Waals surface area contributed by atoms with Gasteiger partial charge in [0.25, 0.3) is 29.5 Å². The van der Waals surface area contributed by atoms with Gasteiger partial charge >= 0.3 is 6.09 Å². The highest BCUT2D eigenvalue weighted by Crippen LogP contribution is 2.39. The third kappa shape index (κ3) is 16.3. The summed E-state index contributed by atoms with van der Waals surface area (Å²) in [6.45, 7) is 11.1. The Kier molecular flexibility index (Phi) is 21.6. The van der Waals surface area contributed by atoms with Gasteiger partial charge in [-0.2, -0.15) is 0 Å². The van der Waals surface area contributed by atoms with Crippen molar-refractivity contribution in [3.8, 4) is 49.1 Å². The van der Waals surface area contributed by atoms with Gasteiger partial charge in [-0.05, 0) is 72.7 Å². The number of carbonyl (C=O) groups excluding carboxylic acids is 8. The van der Waals surface area contributed by atoms with Gasteiger partial charge in [0.15, 0.2) is 0 Å². The number of ether oxygens (including phenoxy) is 3. The second-order valence-corrected chi connectivity index (χ2v) is 26.9. The van der Waals surface area contributed by atoms with Crippen molar-refractivity contribution < 1.29 is 62.8 Å². The number of aliphatic hydroxyl groups is 2. The summed E-state index contributed by atoms with van der Waals surface area (Å²) in [5.74, 6) is -4.21. The Bertz CT molecular complexity index is 4230. The number of carbonyl (C=O) groups is 8. The fourth-order valence-electron chi connectivity index (χ4n) is 9.24. The molecular weight excluding hydrogens is 1330 g/mol. The van der Waals surface area contributed by atoms with Crippen LogP contribution in [0.1, 0.15) is 136 Å². The molecule has 8 aromatic heterocycles. The molecule has 490 valence electrons. The Morgan fingerprint density at radius 2 is 1.34 bits per heavy atom. The summed E-state index contributed by atoms with van der Waals surface area (Å²) in [5, 5.41) is 52.1. The monoisotopic (exact) mass is 1390 g/mol. The predicted molar refractivity (Wildman–Crippen MR) is 351 cm³/mol. The van der Waals surface area contributed by atoms with E-state index in [1.165, 1.54) is 72.7 Å². The topological polar surface area (TPSA) is 392 Å².